The summed E-state index contributed by atoms with van der Waals surface area (Å²) in [6.07, 6.45) is 1.58. The van der Waals surface area contributed by atoms with Crippen LogP contribution < -0.4 is 10.1 Å². The van der Waals surface area contributed by atoms with Gasteiger partial charge >= 0.3 is 5.97 Å². The van der Waals surface area contributed by atoms with Crippen molar-refractivity contribution in [1.82, 2.24) is 10.3 Å². The van der Waals surface area contributed by atoms with Crippen LogP contribution in [-0.4, -0.2) is 32.2 Å². The molecular formula is C10H14N2O3. The van der Waals surface area contributed by atoms with Crippen molar-refractivity contribution in [2.75, 3.05) is 21.3 Å². The van der Waals surface area contributed by atoms with Crippen LogP contribution >= 0.6 is 0 Å². The first-order chi connectivity index (χ1) is 7.22. The van der Waals surface area contributed by atoms with Crippen LogP contribution in [0.4, 0.5) is 0 Å². The van der Waals surface area contributed by atoms with E-state index in [2.05, 4.69) is 15.0 Å². The third-order valence-corrected chi connectivity index (χ3v) is 2.03. The molecule has 0 radical (unpaired) electrons. The molecule has 1 aromatic heterocycles. The molecule has 1 unspecified atom stereocenters. The molecule has 5 nitrogen and oxygen atoms in total. The smallest absolute Gasteiger partial charge is 0.327 e. The molecular weight excluding hydrogens is 196 g/mol. The van der Waals surface area contributed by atoms with E-state index in [0.29, 0.717) is 5.88 Å². The summed E-state index contributed by atoms with van der Waals surface area (Å²) in [5.74, 6) is 0.169. The molecule has 82 valence electrons. The monoisotopic (exact) mass is 210 g/mol. The van der Waals surface area contributed by atoms with Crippen LogP contribution in [0.3, 0.4) is 0 Å². The third kappa shape index (κ3) is 2.66. The minimum absolute atomic E-state index is 0.343. The molecule has 1 heterocycles. The fourth-order valence-electron chi connectivity index (χ4n) is 1.22. The van der Waals surface area contributed by atoms with E-state index in [4.69, 9.17) is 4.74 Å². The maximum atomic E-state index is 11.4. The molecule has 0 amide bonds. The number of nitrogens with one attached hydrogen (secondary N) is 1. The SMILES string of the molecule is CNC(C(=O)OC)c1ccc(OC)nc1. The van der Waals surface area contributed by atoms with Gasteiger partial charge in [0, 0.05) is 12.3 Å². The number of methoxy groups -OCH3 is 2. The van der Waals surface area contributed by atoms with Crippen LogP contribution in [-0.2, 0) is 9.53 Å². The fourth-order valence-corrected chi connectivity index (χ4v) is 1.22. The average molecular weight is 210 g/mol. The van der Waals surface area contributed by atoms with E-state index >= 15 is 0 Å². The Morgan fingerprint density at radius 1 is 1.47 bits per heavy atom. The van der Waals surface area contributed by atoms with Gasteiger partial charge in [0.1, 0.15) is 6.04 Å². The van der Waals surface area contributed by atoms with E-state index in [1.54, 1.807) is 25.4 Å². The zero-order valence-electron chi connectivity index (χ0n) is 8.98. The first-order valence-electron chi connectivity index (χ1n) is 4.48. The Kier molecular flexibility index (Phi) is 4.05. The van der Waals surface area contributed by atoms with Crippen LogP contribution in [0, 0.1) is 0 Å². The normalized spacial score (nSPS) is 11.9. The molecule has 0 aromatic carbocycles. The maximum Gasteiger partial charge on any atom is 0.327 e. The summed E-state index contributed by atoms with van der Waals surface area (Å²) in [5.41, 5.74) is 0.741. The lowest BCUT2D eigenvalue weighted by atomic mass is 10.1. The lowest BCUT2D eigenvalue weighted by Crippen LogP contribution is -2.26. The zero-order chi connectivity index (χ0) is 11.3. The number of aromatic nitrogens is 1. The highest BCUT2D eigenvalue weighted by atomic mass is 16.5. The van der Waals surface area contributed by atoms with E-state index in [1.807, 2.05) is 0 Å². The van der Waals surface area contributed by atoms with Crippen LogP contribution in [0.5, 0.6) is 5.88 Å². The lowest BCUT2D eigenvalue weighted by Gasteiger charge is -2.13. The number of hydrogen-bond acceptors (Lipinski definition) is 5. The largest absolute Gasteiger partial charge is 0.481 e. The number of rotatable bonds is 4. The second kappa shape index (κ2) is 5.31. The van der Waals surface area contributed by atoms with Gasteiger partial charge in [-0.15, -0.1) is 0 Å². The summed E-state index contributed by atoms with van der Waals surface area (Å²) in [6.45, 7) is 0. The molecule has 0 aliphatic rings. The number of carbonyl (C=O) groups excluding carboxylic acids is 1. The van der Waals surface area contributed by atoms with Gasteiger partial charge in [0.05, 0.1) is 14.2 Å². The number of esters is 1. The van der Waals surface area contributed by atoms with Crippen molar-refractivity contribution in [3.05, 3.63) is 23.9 Å². The van der Waals surface area contributed by atoms with Crippen molar-refractivity contribution < 1.29 is 14.3 Å². The number of pyridine rings is 1. The Labute approximate surface area is 88.4 Å². The topological polar surface area (TPSA) is 60.5 Å². The van der Waals surface area contributed by atoms with Crippen molar-refractivity contribution in [1.29, 1.82) is 0 Å². The van der Waals surface area contributed by atoms with Gasteiger partial charge in [-0.2, -0.15) is 0 Å². The van der Waals surface area contributed by atoms with E-state index in [-0.39, 0.29) is 5.97 Å². The minimum atomic E-state index is -0.492. The molecule has 15 heavy (non-hydrogen) atoms. The molecule has 0 saturated heterocycles. The molecule has 0 fully saturated rings. The van der Waals surface area contributed by atoms with Gasteiger partial charge in [0.25, 0.3) is 0 Å². The fraction of sp³-hybridized carbons (Fsp3) is 0.400. The molecule has 0 aliphatic heterocycles. The average Bonchev–Trinajstić information content (AvgIpc) is 2.30. The molecule has 0 aliphatic carbocycles. The molecule has 1 aromatic rings. The van der Waals surface area contributed by atoms with E-state index in [0.717, 1.165) is 5.56 Å². The molecule has 5 heteroatoms. The first-order valence-corrected chi connectivity index (χ1v) is 4.48. The second-order valence-corrected chi connectivity index (χ2v) is 2.88. The maximum absolute atomic E-state index is 11.4. The van der Waals surface area contributed by atoms with Crippen LogP contribution in [0.25, 0.3) is 0 Å². The van der Waals surface area contributed by atoms with Crippen LogP contribution in [0.1, 0.15) is 11.6 Å². The van der Waals surface area contributed by atoms with Gasteiger partial charge in [0.2, 0.25) is 5.88 Å². The number of hydrogen-bond donors (Lipinski definition) is 1. The summed E-state index contributed by atoms with van der Waals surface area (Å²) in [5, 5.41) is 2.85. The van der Waals surface area contributed by atoms with Crippen molar-refractivity contribution in [3.63, 3.8) is 0 Å². The molecule has 1 rings (SSSR count). The quantitative estimate of drug-likeness (QED) is 0.734. The second-order valence-electron chi connectivity index (χ2n) is 2.88. The highest BCUT2D eigenvalue weighted by molar-refractivity contribution is 5.77. The van der Waals surface area contributed by atoms with E-state index in [9.17, 15) is 4.79 Å². The van der Waals surface area contributed by atoms with Gasteiger partial charge < -0.3 is 14.8 Å². The molecule has 1 N–H and O–H groups in total. The summed E-state index contributed by atoms with van der Waals surface area (Å²) in [7, 11) is 4.58. The summed E-state index contributed by atoms with van der Waals surface area (Å²) in [6, 6.07) is 2.97. The minimum Gasteiger partial charge on any atom is -0.481 e. The summed E-state index contributed by atoms with van der Waals surface area (Å²) < 4.78 is 9.58. The Hall–Kier alpha value is -1.62. The first kappa shape index (κ1) is 11.5. The van der Waals surface area contributed by atoms with Crippen molar-refractivity contribution >= 4 is 5.97 Å². The van der Waals surface area contributed by atoms with Gasteiger partial charge in [0.15, 0.2) is 0 Å². The van der Waals surface area contributed by atoms with Gasteiger partial charge in [-0.05, 0) is 18.7 Å². The van der Waals surface area contributed by atoms with Crippen LogP contribution in [0.2, 0.25) is 0 Å². The summed E-state index contributed by atoms with van der Waals surface area (Å²) in [4.78, 5) is 15.4. The predicted octanol–water partition coefficient (Wildman–Crippen LogP) is 0.524. The number of likely N-dealkylation sites (N-methyl/N-ethyl adjacent to an activating group) is 1. The van der Waals surface area contributed by atoms with Gasteiger partial charge in [-0.25, -0.2) is 9.78 Å². The zero-order valence-corrected chi connectivity index (χ0v) is 8.98. The number of ether oxygens (including phenoxy) is 2. The van der Waals surface area contributed by atoms with Crippen molar-refractivity contribution in [3.8, 4) is 5.88 Å². The van der Waals surface area contributed by atoms with E-state index in [1.165, 1.54) is 14.2 Å². The molecule has 1 atom stereocenters. The Balaban J connectivity index is 2.87. The molecule has 0 spiro atoms. The van der Waals surface area contributed by atoms with Crippen molar-refractivity contribution in [2.24, 2.45) is 0 Å². The Morgan fingerprint density at radius 3 is 2.60 bits per heavy atom. The van der Waals surface area contributed by atoms with E-state index < -0.39 is 6.04 Å². The Bertz CT molecular complexity index is 324. The van der Waals surface area contributed by atoms with Crippen molar-refractivity contribution in [2.45, 2.75) is 6.04 Å². The Morgan fingerprint density at radius 2 is 2.20 bits per heavy atom. The highest BCUT2D eigenvalue weighted by Crippen LogP contribution is 2.15. The standard InChI is InChI=1S/C10H14N2O3/c1-11-9(10(13)15-3)7-4-5-8(14-2)12-6-7/h4-6,9,11H,1-3H3. The predicted molar refractivity (Wildman–Crippen MR) is 54.6 cm³/mol. The van der Waals surface area contributed by atoms with Gasteiger partial charge in [-0.1, -0.05) is 0 Å². The van der Waals surface area contributed by atoms with Crippen LogP contribution in [0.15, 0.2) is 18.3 Å². The van der Waals surface area contributed by atoms with Gasteiger partial charge in [-0.3, -0.25) is 0 Å². The highest BCUT2D eigenvalue weighted by Gasteiger charge is 2.19. The number of nitrogens with zero attached hydrogens (tertiary/aromatic N) is 1. The molecule has 0 bridgehead atoms. The third-order valence-electron chi connectivity index (χ3n) is 2.03. The number of carbonyl (C=O) groups is 1. The summed E-state index contributed by atoms with van der Waals surface area (Å²) >= 11 is 0. The molecule has 0 saturated carbocycles. The lowest BCUT2D eigenvalue weighted by molar-refractivity contribution is -0.143.